The second-order valence-electron chi connectivity index (χ2n) is 2.94. The van der Waals surface area contributed by atoms with E-state index in [2.05, 4.69) is 15.3 Å². The van der Waals surface area contributed by atoms with Gasteiger partial charge in [0.1, 0.15) is 11.9 Å². The molecule has 2 unspecified atom stereocenters. The number of aliphatic hydroxyl groups is 2. The van der Waals surface area contributed by atoms with Crippen molar-refractivity contribution in [2.75, 3.05) is 19.3 Å². The molecule has 78 valence electrons. The maximum atomic E-state index is 9.58. The Hall–Kier alpha value is -1.24. The first-order chi connectivity index (χ1) is 6.65. The lowest BCUT2D eigenvalue weighted by atomic mass is 10.1. The molecule has 0 aliphatic heterocycles. The Morgan fingerprint density at radius 2 is 2.14 bits per heavy atom. The van der Waals surface area contributed by atoms with Crippen LogP contribution in [0.2, 0.25) is 0 Å². The third-order valence-corrected chi connectivity index (χ3v) is 1.77. The number of aliphatic hydroxyl groups excluding tert-OH is 2. The highest BCUT2D eigenvalue weighted by molar-refractivity contribution is 5.23. The zero-order valence-electron chi connectivity index (χ0n) is 7.88. The molecule has 0 radical (unpaired) electrons. The molecule has 0 aliphatic carbocycles. The van der Waals surface area contributed by atoms with Crippen molar-refractivity contribution in [3.63, 3.8) is 0 Å². The first-order valence-electron chi connectivity index (χ1n) is 4.23. The van der Waals surface area contributed by atoms with Crippen molar-refractivity contribution >= 4 is 5.82 Å². The van der Waals surface area contributed by atoms with Crippen LogP contribution in [0.3, 0.4) is 0 Å². The van der Waals surface area contributed by atoms with Crippen molar-refractivity contribution in [1.82, 2.24) is 15.3 Å². The summed E-state index contributed by atoms with van der Waals surface area (Å²) >= 11 is 0. The molecule has 1 heterocycles. The van der Waals surface area contributed by atoms with E-state index in [1.807, 2.05) is 0 Å². The van der Waals surface area contributed by atoms with Crippen LogP contribution in [0.4, 0.5) is 5.82 Å². The standard InChI is InChI=1S/C8H14N4O2/c1-10-3-6(13)8(14)5-2-12-7(9)4-11-5/h2,4,6,8,10,13-14H,3H2,1H3,(H2,9,12). The van der Waals surface area contributed by atoms with Crippen molar-refractivity contribution in [2.24, 2.45) is 0 Å². The van der Waals surface area contributed by atoms with E-state index in [1.54, 1.807) is 7.05 Å². The van der Waals surface area contributed by atoms with E-state index in [0.717, 1.165) is 0 Å². The van der Waals surface area contributed by atoms with Gasteiger partial charge in [-0.1, -0.05) is 0 Å². The minimum Gasteiger partial charge on any atom is -0.389 e. The van der Waals surface area contributed by atoms with E-state index in [0.29, 0.717) is 5.69 Å². The normalized spacial score (nSPS) is 15.1. The molecule has 6 heteroatoms. The molecule has 1 aromatic rings. The predicted molar refractivity (Wildman–Crippen MR) is 51.3 cm³/mol. The molecule has 0 fully saturated rings. The second kappa shape index (κ2) is 4.85. The lowest BCUT2D eigenvalue weighted by Crippen LogP contribution is -2.30. The van der Waals surface area contributed by atoms with E-state index < -0.39 is 12.2 Å². The summed E-state index contributed by atoms with van der Waals surface area (Å²) in [6, 6.07) is 0. The number of nitrogen functional groups attached to an aromatic ring is 1. The van der Waals surface area contributed by atoms with Gasteiger partial charge in [-0.2, -0.15) is 0 Å². The lowest BCUT2D eigenvalue weighted by molar-refractivity contribution is 0.0175. The summed E-state index contributed by atoms with van der Waals surface area (Å²) in [5.41, 5.74) is 5.64. The monoisotopic (exact) mass is 198 g/mol. The number of hydrogen-bond acceptors (Lipinski definition) is 6. The van der Waals surface area contributed by atoms with Crippen LogP contribution in [-0.2, 0) is 0 Å². The summed E-state index contributed by atoms with van der Waals surface area (Å²) in [7, 11) is 1.69. The molecule has 0 saturated heterocycles. The van der Waals surface area contributed by atoms with Gasteiger partial charge in [0.05, 0.1) is 24.2 Å². The average Bonchev–Trinajstić information content (AvgIpc) is 2.18. The van der Waals surface area contributed by atoms with E-state index in [9.17, 15) is 10.2 Å². The summed E-state index contributed by atoms with van der Waals surface area (Å²) in [6.07, 6.45) is 0.734. The van der Waals surface area contributed by atoms with Crippen LogP contribution in [0.25, 0.3) is 0 Å². The quantitative estimate of drug-likeness (QED) is 0.478. The highest BCUT2D eigenvalue weighted by Crippen LogP contribution is 2.13. The Bertz CT molecular complexity index is 277. The SMILES string of the molecule is CNCC(O)C(O)c1cnc(N)cn1. The van der Waals surface area contributed by atoms with E-state index >= 15 is 0 Å². The molecule has 5 N–H and O–H groups in total. The maximum absolute atomic E-state index is 9.58. The number of nitrogens with one attached hydrogen (secondary N) is 1. The summed E-state index contributed by atoms with van der Waals surface area (Å²) < 4.78 is 0. The lowest BCUT2D eigenvalue weighted by Gasteiger charge is -2.16. The summed E-state index contributed by atoms with van der Waals surface area (Å²) in [4.78, 5) is 7.62. The molecule has 0 saturated carbocycles. The predicted octanol–water partition coefficient (Wildman–Crippen LogP) is -1.33. The van der Waals surface area contributed by atoms with E-state index in [1.165, 1.54) is 12.4 Å². The van der Waals surface area contributed by atoms with Crippen LogP contribution >= 0.6 is 0 Å². The number of likely N-dealkylation sites (N-methyl/N-ethyl adjacent to an activating group) is 1. The second-order valence-corrected chi connectivity index (χ2v) is 2.94. The van der Waals surface area contributed by atoms with Crippen LogP contribution in [0.15, 0.2) is 12.4 Å². The van der Waals surface area contributed by atoms with Gasteiger partial charge >= 0.3 is 0 Å². The molecule has 6 nitrogen and oxygen atoms in total. The molecule has 14 heavy (non-hydrogen) atoms. The Labute approximate surface area is 81.8 Å². The van der Waals surface area contributed by atoms with Crippen LogP contribution in [-0.4, -0.2) is 39.9 Å². The summed E-state index contributed by atoms with van der Waals surface area (Å²) in [5, 5.41) is 21.8. The van der Waals surface area contributed by atoms with E-state index in [-0.39, 0.29) is 12.4 Å². The van der Waals surface area contributed by atoms with Crippen molar-refractivity contribution in [1.29, 1.82) is 0 Å². The maximum Gasteiger partial charge on any atom is 0.141 e. The highest BCUT2D eigenvalue weighted by atomic mass is 16.3. The average molecular weight is 198 g/mol. The molecule has 0 aromatic carbocycles. The zero-order valence-corrected chi connectivity index (χ0v) is 7.88. The first-order valence-corrected chi connectivity index (χ1v) is 4.23. The molecule has 1 aromatic heterocycles. The smallest absolute Gasteiger partial charge is 0.141 e. The Morgan fingerprint density at radius 3 is 2.64 bits per heavy atom. The molecule has 0 amide bonds. The Balaban J connectivity index is 2.68. The number of rotatable bonds is 4. The molecule has 0 aliphatic rings. The Kier molecular flexibility index (Phi) is 3.75. The van der Waals surface area contributed by atoms with Gasteiger partial charge in [0.25, 0.3) is 0 Å². The minimum atomic E-state index is -1.05. The minimum absolute atomic E-state index is 0.282. The number of aromatic nitrogens is 2. The number of nitrogens with two attached hydrogens (primary N) is 1. The van der Waals surface area contributed by atoms with Gasteiger partial charge in [0.15, 0.2) is 0 Å². The van der Waals surface area contributed by atoms with Gasteiger partial charge in [0.2, 0.25) is 0 Å². The van der Waals surface area contributed by atoms with Crippen LogP contribution < -0.4 is 11.1 Å². The molecular weight excluding hydrogens is 184 g/mol. The number of anilines is 1. The van der Waals surface area contributed by atoms with Crippen molar-refractivity contribution in [3.8, 4) is 0 Å². The van der Waals surface area contributed by atoms with Crippen LogP contribution in [0.1, 0.15) is 11.8 Å². The fourth-order valence-corrected chi connectivity index (χ4v) is 1.02. The topological polar surface area (TPSA) is 104 Å². The molecule has 2 atom stereocenters. The van der Waals surface area contributed by atoms with Crippen molar-refractivity contribution in [3.05, 3.63) is 18.1 Å². The largest absolute Gasteiger partial charge is 0.389 e. The Morgan fingerprint density at radius 1 is 1.43 bits per heavy atom. The fraction of sp³-hybridized carbons (Fsp3) is 0.500. The van der Waals surface area contributed by atoms with Crippen LogP contribution in [0, 0.1) is 0 Å². The van der Waals surface area contributed by atoms with E-state index in [4.69, 9.17) is 5.73 Å². The van der Waals surface area contributed by atoms with Crippen LogP contribution in [0.5, 0.6) is 0 Å². The van der Waals surface area contributed by atoms with Gasteiger partial charge in [-0.05, 0) is 7.05 Å². The van der Waals surface area contributed by atoms with Gasteiger partial charge in [-0.15, -0.1) is 0 Å². The first kappa shape index (κ1) is 10.8. The number of hydrogen-bond donors (Lipinski definition) is 4. The van der Waals surface area contributed by atoms with Gasteiger partial charge < -0.3 is 21.3 Å². The molecular formula is C8H14N4O2. The van der Waals surface area contributed by atoms with Gasteiger partial charge in [0, 0.05) is 6.54 Å². The van der Waals surface area contributed by atoms with Gasteiger partial charge in [-0.3, -0.25) is 4.98 Å². The number of nitrogens with zero attached hydrogens (tertiary/aromatic N) is 2. The molecule has 1 rings (SSSR count). The molecule has 0 spiro atoms. The summed E-state index contributed by atoms with van der Waals surface area (Å²) in [6.45, 7) is 0.285. The summed E-state index contributed by atoms with van der Waals surface area (Å²) in [5.74, 6) is 0.282. The van der Waals surface area contributed by atoms with Gasteiger partial charge in [-0.25, -0.2) is 4.98 Å². The zero-order chi connectivity index (χ0) is 10.6. The molecule has 0 bridgehead atoms. The third-order valence-electron chi connectivity index (χ3n) is 1.77. The highest BCUT2D eigenvalue weighted by Gasteiger charge is 2.18. The fourth-order valence-electron chi connectivity index (χ4n) is 1.02. The van der Waals surface area contributed by atoms with Crippen molar-refractivity contribution in [2.45, 2.75) is 12.2 Å². The van der Waals surface area contributed by atoms with Crippen molar-refractivity contribution < 1.29 is 10.2 Å². The third kappa shape index (κ3) is 2.63.